The predicted octanol–water partition coefficient (Wildman–Crippen LogP) is 3.42. The van der Waals surface area contributed by atoms with Crippen LogP contribution >= 0.6 is 0 Å². The van der Waals surface area contributed by atoms with E-state index in [1.807, 2.05) is 54.6 Å². The number of hydrogen-bond donors (Lipinski definition) is 1. The van der Waals surface area contributed by atoms with E-state index in [0.29, 0.717) is 6.54 Å². The summed E-state index contributed by atoms with van der Waals surface area (Å²) in [6.45, 7) is 3.22. The monoisotopic (exact) mass is 311 g/mol. The molecule has 0 aliphatic rings. The van der Waals surface area contributed by atoms with E-state index in [2.05, 4.69) is 0 Å². The molecule has 2 rings (SSSR count). The molecule has 4 heteroatoms. The van der Waals surface area contributed by atoms with Crippen LogP contribution in [0.4, 0.5) is 0 Å². The fourth-order valence-electron chi connectivity index (χ4n) is 2.45. The van der Waals surface area contributed by atoms with Crippen molar-refractivity contribution in [2.45, 2.75) is 20.4 Å². The van der Waals surface area contributed by atoms with Crippen LogP contribution in [0, 0.1) is 5.41 Å². The van der Waals surface area contributed by atoms with Crippen molar-refractivity contribution in [3.05, 3.63) is 60.2 Å². The largest absolute Gasteiger partial charge is 0.480 e. The second-order valence-electron chi connectivity index (χ2n) is 6.11. The van der Waals surface area contributed by atoms with Gasteiger partial charge in [0.05, 0.1) is 0 Å². The Morgan fingerprint density at radius 2 is 1.57 bits per heavy atom. The number of carbonyl (C=O) groups excluding carboxylic acids is 1. The average molecular weight is 311 g/mol. The van der Waals surface area contributed by atoms with Crippen molar-refractivity contribution in [2.24, 2.45) is 5.41 Å². The standard InChI is InChI=1S/C19H21NO3/c1-19(2,18(22)23)17(21)20(3)13-15-11-7-8-12-16(15)14-9-5-4-6-10-14/h4-12H,13H2,1-3H3,(H,22,23). The molecule has 23 heavy (non-hydrogen) atoms. The van der Waals surface area contributed by atoms with Crippen LogP contribution in [-0.2, 0) is 16.1 Å². The summed E-state index contributed by atoms with van der Waals surface area (Å²) in [5.41, 5.74) is 1.66. The lowest BCUT2D eigenvalue weighted by Crippen LogP contribution is -2.43. The van der Waals surface area contributed by atoms with Crippen LogP contribution in [0.15, 0.2) is 54.6 Å². The first kappa shape index (κ1) is 16.7. The van der Waals surface area contributed by atoms with Gasteiger partial charge in [0.25, 0.3) is 0 Å². The number of hydrogen-bond acceptors (Lipinski definition) is 2. The second kappa shape index (κ2) is 6.65. The molecule has 0 bridgehead atoms. The molecule has 4 nitrogen and oxygen atoms in total. The molecule has 1 N–H and O–H groups in total. The number of carboxylic acids is 1. The number of carbonyl (C=O) groups is 2. The van der Waals surface area contributed by atoms with Gasteiger partial charge >= 0.3 is 5.97 Å². The predicted molar refractivity (Wildman–Crippen MR) is 89.8 cm³/mol. The first-order valence-electron chi connectivity index (χ1n) is 7.46. The molecular weight excluding hydrogens is 290 g/mol. The maximum absolute atomic E-state index is 12.4. The van der Waals surface area contributed by atoms with E-state index in [1.165, 1.54) is 18.7 Å². The summed E-state index contributed by atoms with van der Waals surface area (Å²) in [7, 11) is 1.63. The third-order valence-electron chi connectivity index (χ3n) is 3.93. The molecule has 2 aromatic carbocycles. The first-order valence-corrected chi connectivity index (χ1v) is 7.46. The van der Waals surface area contributed by atoms with Crippen LogP contribution in [-0.4, -0.2) is 28.9 Å². The van der Waals surface area contributed by atoms with Crippen LogP contribution in [0.3, 0.4) is 0 Å². The summed E-state index contributed by atoms with van der Waals surface area (Å²) in [4.78, 5) is 25.1. The molecule has 0 saturated carbocycles. The highest BCUT2D eigenvalue weighted by atomic mass is 16.4. The number of carboxylic acid groups (broad SMARTS) is 1. The maximum atomic E-state index is 12.4. The van der Waals surface area contributed by atoms with E-state index >= 15 is 0 Å². The van der Waals surface area contributed by atoms with Gasteiger partial charge in [-0.2, -0.15) is 0 Å². The number of aliphatic carboxylic acids is 1. The van der Waals surface area contributed by atoms with E-state index in [-0.39, 0.29) is 0 Å². The maximum Gasteiger partial charge on any atom is 0.318 e. The van der Waals surface area contributed by atoms with Crippen molar-refractivity contribution in [1.29, 1.82) is 0 Å². The fraction of sp³-hybridized carbons (Fsp3) is 0.263. The summed E-state index contributed by atoms with van der Waals surface area (Å²) < 4.78 is 0. The highest BCUT2D eigenvalue weighted by molar-refractivity contribution is 6.00. The fourth-order valence-corrected chi connectivity index (χ4v) is 2.45. The van der Waals surface area contributed by atoms with E-state index in [9.17, 15) is 14.7 Å². The SMILES string of the molecule is CN(Cc1ccccc1-c1ccccc1)C(=O)C(C)(C)C(=O)O. The number of amides is 1. The van der Waals surface area contributed by atoms with Crippen molar-refractivity contribution in [3.63, 3.8) is 0 Å². The Balaban J connectivity index is 2.28. The minimum Gasteiger partial charge on any atom is -0.480 e. The van der Waals surface area contributed by atoms with Crippen LogP contribution in [0.25, 0.3) is 11.1 Å². The summed E-state index contributed by atoms with van der Waals surface area (Å²) in [6, 6.07) is 17.8. The van der Waals surface area contributed by atoms with E-state index in [0.717, 1.165) is 16.7 Å². The molecule has 0 spiro atoms. The molecular formula is C19H21NO3. The molecule has 0 aliphatic carbocycles. The third-order valence-corrected chi connectivity index (χ3v) is 3.93. The first-order chi connectivity index (χ1) is 10.8. The van der Waals surface area contributed by atoms with Crippen molar-refractivity contribution in [1.82, 2.24) is 4.90 Å². The molecule has 0 heterocycles. The van der Waals surface area contributed by atoms with Gasteiger partial charge in [0.15, 0.2) is 0 Å². The molecule has 0 radical (unpaired) electrons. The highest BCUT2D eigenvalue weighted by Crippen LogP contribution is 2.26. The molecule has 0 unspecified atom stereocenters. The highest BCUT2D eigenvalue weighted by Gasteiger charge is 2.38. The lowest BCUT2D eigenvalue weighted by molar-refractivity contribution is -0.157. The van der Waals surface area contributed by atoms with Gasteiger partial charge in [-0.15, -0.1) is 0 Å². The summed E-state index contributed by atoms with van der Waals surface area (Å²) in [5.74, 6) is -1.53. The quantitative estimate of drug-likeness (QED) is 0.861. The van der Waals surface area contributed by atoms with Crippen LogP contribution in [0.5, 0.6) is 0 Å². The topological polar surface area (TPSA) is 57.6 Å². The van der Waals surface area contributed by atoms with Gasteiger partial charge in [-0.25, -0.2) is 0 Å². The molecule has 0 saturated heterocycles. The van der Waals surface area contributed by atoms with Gasteiger partial charge in [-0.1, -0.05) is 54.6 Å². The smallest absolute Gasteiger partial charge is 0.318 e. The van der Waals surface area contributed by atoms with Crippen LogP contribution in [0.1, 0.15) is 19.4 Å². The normalized spacial score (nSPS) is 11.1. The molecule has 1 amide bonds. The average Bonchev–Trinajstić information content (AvgIpc) is 2.55. The third kappa shape index (κ3) is 3.59. The van der Waals surface area contributed by atoms with E-state index < -0.39 is 17.3 Å². The van der Waals surface area contributed by atoms with Gasteiger partial charge in [0.1, 0.15) is 5.41 Å². The van der Waals surface area contributed by atoms with Crippen molar-refractivity contribution >= 4 is 11.9 Å². The molecule has 0 fully saturated rings. The molecule has 0 aromatic heterocycles. The minimum atomic E-state index is -1.43. The molecule has 2 aromatic rings. The zero-order chi connectivity index (χ0) is 17.0. The van der Waals surface area contributed by atoms with Gasteiger partial charge in [-0.05, 0) is 30.5 Å². The Morgan fingerprint density at radius 3 is 2.17 bits per heavy atom. The lowest BCUT2D eigenvalue weighted by Gasteiger charge is -2.26. The van der Waals surface area contributed by atoms with Crippen molar-refractivity contribution < 1.29 is 14.7 Å². The lowest BCUT2D eigenvalue weighted by atomic mass is 9.91. The Bertz CT molecular complexity index is 708. The van der Waals surface area contributed by atoms with Crippen LogP contribution < -0.4 is 0 Å². The molecule has 0 aliphatic heterocycles. The molecule has 120 valence electrons. The number of benzene rings is 2. The van der Waals surface area contributed by atoms with Gasteiger partial charge in [0.2, 0.25) is 5.91 Å². The van der Waals surface area contributed by atoms with E-state index in [4.69, 9.17) is 0 Å². The minimum absolute atomic E-state index is 0.362. The Hall–Kier alpha value is -2.62. The Kier molecular flexibility index (Phi) is 4.84. The summed E-state index contributed by atoms with van der Waals surface area (Å²) >= 11 is 0. The van der Waals surface area contributed by atoms with E-state index in [1.54, 1.807) is 7.05 Å². The molecule has 0 atom stereocenters. The summed E-state index contributed by atoms with van der Waals surface area (Å²) in [6.07, 6.45) is 0. The van der Waals surface area contributed by atoms with Crippen molar-refractivity contribution in [2.75, 3.05) is 7.05 Å². The van der Waals surface area contributed by atoms with Crippen LogP contribution in [0.2, 0.25) is 0 Å². The van der Waals surface area contributed by atoms with Crippen molar-refractivity contribution in [3.8, 4) is 11.1 Å². The zero-order valence-corrected chi connectivity index (χ0v) is 13.6. The van der Waals surface area contributed by atoms with Gasteiger partial charge < -0.3 is 10.0 Å². The Morgan fingerprint density at radius 1 is 1.00 bits per heavy atom. The zero-order valence-electron chi connectivity index (χ0n) is 13.6. The van der Waals surface area contributed by atoms with Gasteiger partial charge in [0, 0.05) is 13.6 Å². The Labute approximate surface area is 136 Å². The second-order valence-corrected chi connectivity index (χ2v) is 6.11. The summed E-state index contributed by atoms with van der Waals surface area (Å²) in [5, 5.41) is 9.21. The number of nitrogens with zero attached hydrogens (tertiary/aromatic N) is 1. The number of rotatable bonds is 5. The van der Waals surface area contributed by atoms with Gasteiger partial charge in [-0.3, -0.25) is 9.59 Å².